The van der Waals surface area contributed by atoms with Gasteiger partial charge in [-0.1, -0.05) is 17.7 Å². The van der Waals surface area contributed by atoms with Crippen LogP contribution < -0.4 is 24.8 Å². The molecule has 0 fully saturated rings. The summed E-state index contributed by atoms with van der Waals surface area (Å²) in [4.78, 5) is 12.7. The molecule has 0 aromatic heterocycles. The molecule has 0 aliphatic heterocycles. The number of carbonyl (C=O) groups excluding carboxylic acids is 1. The number of hydrogen-bond acceptors (Lipinski definition) is 5. The van der Waals surface area contributed by atoms with E-state index in [1.807, 2.05) is 32.9 Å². The molecule has 2 unspecified atom stereocenters. The number of anilines is 1. The Morgan fingerprint density at radius 2 is 1.59 bits per heavy atom. The standard InChI is InChI=1S/C21H28N2O4/c1-13-7-9-19(26-5)17(11-13)14(2)22-15(3)21(24)23-18-12-16(25-4)8-10-20(18)27-6/h7-12,14-15,22H,1-6H3,(H,23,24). The normalized spacial score (nSPS) is 12.8. The van der Waals surface area contributed by atoms with Crippen molar-refractivity contribution in [1.82, 2.24) is 5.32 Å². The third-order valence-corrected chi connectivity index (χ3v) is 4.41. The van der Waals surface area contributed by atoms with Crippen LogP contribution in [0.3, 0.4) is 0 Å². The van der Waals surface area contributed by atoms with Gasteiger partial charge in [-0.2, -0.15) is 0 Å². The minimum atomic E-state index is -0.430. The molecule has 0 spiro atoms. The second-order valence-corrected chi connectivity index (χ2v) is 6.41. The average Bonchev–Trinajstić information content (AvgIpc) is 2.67. The molecule has 27 heavy (non-hydrogen) atoms. The van der Waals surface area contributed by atoms with Crippen LogP contribution in [0.15, 0.2) is 36.4 Å². The quantitative estimate of drug-likeness (QED) is 0.739. The van der Waals surface area contributed by atoms with Crippen molar-refractivity contribution in [2.24, 2.45) is 0 Å². The molecule has 2 atom stereocenters. The van der Waals surface area contributed by atoms with Crippen molar-refractivity contribution in [3.05, 3.63) is 47.5 Å². The summed E-state index contributed by atoms with van der Waals surface area (Å²) >= 11 is 0. The van der Waals surface area contributed by atoms with E-state index in [0.717, 1.165) is 16.9 Å². The maximum atomic E-state index is 12.7. The Morgan fingerprint density at radius 1 is 0.926 bits per heavy atom. The Kier molecular flexibility index (Phi) is 7.07. The third kappa shape index (κ3) is 5.14. The van der Waals surface area contributed by atoms with Crippen molar-refractivity contribution < 1.29 is 19.0 Å². The van der Waals surface area contributed by atoms with Gasteiger partial charge in [0.25, 0.3) is 0 Å². The van der Waals surface area contributed by atoms with Crippen molar-refractivity contribution >= 4 is 11.6 Å². The second kappa shape index (κ2) is 9.28. The van der Waals surface area contributed by atoms with Crippen molar-refractivity contribution in [1.29, 1.82) is 0 Å². The van der Waals surface area contributed by atoms with E-state index in [0.29, 0.717) is 17.2 Å². The Morgan fingerprint density at radius 3 is 2.22 bits per heavy atom. The highest BCUT2D eigenvalue weighted by Crippen LogP contribution is 2.29. The first-order valence-corrected chi connectivity index (χ1v) is 8.83. The van der Waals surface area contributed by atoms with Crippen LogP contribution in [0.5, 0.6) is 17.2 Å². The van der Waals surface area contributed by atoms with Crippen molar-refractivity contribution in [2.45, 2.75) is 32.9 Å². The fraction of sp³-hybridized carbons (Fsp3) is 0.381. The molecule has 0 aliphatic carbocycles. The van der Waals surface area contributed by atoms with Gasteiger partial charge < -0.3 is 19.5 Å². The molecule has 2 aromatic rings. The number of methoxy groups -OCH3 is 3. The van der Waals surface area contributed by atoms with Gasteiger partial charge in [0.2, 0.25) is 5.91 Å². The predicted molar refractivity (Wildman–Crippen MR) is 107 cm³/mol. The first-order valence-electron chi connectivity index (χ1n) is 8.83. The number of aryl methyl sites for hydroxylation is 1. The molecule has 0 radical (unpaired) electrons. The number of hydrogen-bond donors (Lipinski definition) is 2. The van der Waals surface area contributed by atoms with Gasteiger partial charge in [0, 0.05) is 17.7 Å². The summed E-state index contributed by atoms with van der Waals surface area (Å²) in [7, 11) is 4.78. The van der Waals surface area contributed by atoms with Gasteiger partial charge in [0.05, 0.1) is 33.1 Å². The number of nitrogens with one attached hydrogen (secondary N) is 2. The van der Waals surface area contributed by atoms with Gasteiger partial charge >= 0.3 is 0 Å². The molecular weight excluding hydrogens is 344 g/mol. The maximum Gasteiger partial charge on any atom is 0.241 e. The minimum Gasteiger partial charge on any atom is -0.497 e. The monoisotopic (exact) mass is 372 g/mol. The summed E-state index contributed by atoms with van der Waals surface area (Å²) in [5, 5.41) is 6.22. The smallest absolute Gasteiger partial charge is 0.241 e. The van der Waals surface area contributed by atoms with Crippen LogP contribution >= 0.6 is 0 Å². The highest BCUT2D eigenvalue weighted by Gasteiger charge is 2.20. The minimum absolute atomic E-state index is 0.0622. The summed E-state index contributed by atoms with van der Waals surface area (Å²) in [6, 6.07) is 10.8. The molecule has 0 heterocycles. The van der Waals surface area contributed by atoms with E-state index in [9.17, 15) is 4.79 Å². The second-order valence-electron chi connectivity index (χ2n) is 6.41. The van der Waals surface area contributed by atoms with Gasteiger partial charge in [0.15, 0.2) is 0 Å². The van der Waals surface area contributed by atoms with Gasteiger partial charge in [-0.05, 0) is 39.0 Å². The molecule has 0 aliphatic rings. The molecule has 1 amide bonds. The topological polar surface area (TPSA) is 68.8 Å². The highest BCUT2D eigenvalue weighted by atomic mass is 16.5. The largest absolute Gasteiger partial charge is 0.497 e. The summed E-state index contributed by atoms with van der Waals surface area (Å²) < 4.78 is 16.0. The average molecular weight is 372 g/mol. The maximum absolute atomic E-state index is 12.7. The molecule has 2 aromatic carbocycles. The lowest BCUT2D eigenvalue weighted by Crippen LogP contribution is -2.39. The number of rotatable bonds is 8. The van der Waals surface area contributed by atoms with E-state index < -0.39 is 6.04 Å². The van der Waals surface area contributed by atoms with Crippen molar-refractivity contribution in [3.8, 4) is 17.2 Å². The van der Waals surface area contributed by atoms with Crippen molar-refractivity contribution in [2.75, 3.05) is 26.6 Å². The lowest BCUT2D eigenvalue weighted by Gasteiger charge is -2.22. The number of amides is 1. The number of ether oxygens (including phenoxy) is 3. The third-order valence-electron chi connectivity index (χ3n) is 4.41. The van der Waals surface area contributed by atoms with Crippen LogP contribution in [-0.4, -0.2) is 33.3 Å². The lowest BCUT2D eigenvalue weighted by molar-refractivity contribution is -0.118. The van der Waals surface area contributed by atoms with Crippen LogP contribution in [-0.2, 0) is 4.79 Å². The van der Waals surface area contributed by atoms with Crippen LogP contribution in [0.25, 0.3) is 0 Å². The fourth-order valence-electron chi connectivity index (χ4n) is 2.89. The zero-order valence-corrected chi connectivity index (χ0v) is 16.8. The molecule has 146 valence electrons. The molecule has 0 bridgehead atoms. The molecule has 6 heteroatoms. The van der Waals surface area contributed by atoms with Crippen LogP contribution in [0.2, 0.25) is 0 Å². The summed E-state index contributed by atoms with van der Waals surface area (Å²) in [6.45, 7) is 5.86. The van der Waals surface area contributed by atoms with E-state index in [2.05, 4.69) is 16.7 Å². The molecule has 6 nitrogen and oxygen atoms in total. The van der Waals surface area contributed by atoms with E-state index in [1.165, 1.54) is 0 Å². The Hall–Kier alpha value is -2.73. The summed E-state index contributed by atoms with van der Waals surface area (Å²) in [5.74, 6) is 1.84. The fourth-order valence-corrected chi connectivity index (χ4v) is 2.89. The summed E-state index contributed by atoms with van der Waals surface area (Å²) in [6.07, 6.45) is 0. The van der Waals surface area contributed by atoms with E-state index >= 15 is 0 Å². The molecule has 0 saturated heterocycles. The van der Waals surface area contributed by atoms with Gasteiger partial charge in [-0.15, -0.1) is 0 Å². The van der Waals surface area contributed by atoms with E-state index in [-0.39, 0.29) is 11.9 Å². The molecule has 2 N–H and O–H groups in total. The first-order chi connectivity index (χ1) is 12.9. The van der Waals surface area contributed by atoms with Gasteiger partial charge in [0.1, 0.15) is 17.2 Å². The Bertz CT molecular complexity index is 792. The van der Waals surface area contributed by atoms with Gasteiger partial charge in [-0.3, -0.25) is 10.1 Å². The molecule has 2 rings (SSSR count). The predicted octanol–water partition coefficient (Wildman–Crippen LogP) is 3.70. The van der Waals surface area contributed by atoms with Crippen LogP contribution in [0.4, 0.5) is 5.69 Å². The first kappa shape index (κ1) is 20.6. The lowest BCUT2D eigenvalue weighted by atomic mass is 10.0. The zero-order valence-electron chi connectivity index (χ0n) is 16.8. The van der Waals surface area contributed by atoms with E-state index in [4.69, 9.17) is 14.2 Å². The van der Waals surface area contributed by atoms with Crippen LogP contribution in [0.1, 0.15) is 31.0 Å². The number of benzene rings is 2. The highest BCUT2D eigenvalue weighted by molar-refractivity contribution is 5.96. The Labute approximate surface area is 160 Å². The Balaban J connectivity index is 2.11. The SMILES string of the molecule is COc1ccc(OC)c(NC(=O)C(C)NC(C)c2cc(C)ccc2OC)c1. The summed E-state index contributed by atoms with van der Waals surface area (Å²) in [5.41, 5.74) is 2.71. The molecular formula is C21H28N2O4. The molecule has 0 saturated carbocycles. The van der Waals surface area contributed by atoms with Crippen molar-refractivity contribution in [3.63, 3.8) is 0 Å². The van der Waals surface area contributed by atoms with Crippen LogP contribution in [0, 0.1) is 6.92 Å². The van der Waals surface area contributed by atoms with E-state index in [1.54, 1.807) is 39.5 Å². The zero-order chi connectivity index (χ0) is 20.0. The van der Waals surface area contributed by atoms with Gasteiger partial charge in [-0.25, -0.2) is 0 Å². The number of carbonyl (C=O) groups is 1.